The first-order chi connectivity index (χ1) is 19.3. The van der Waals surface area contributed by atoms with Crippen LogP contribution in [-0.4, -0.2) is 78.4 Å². The van der Waals surface area contributed by atoms with Gasteiger partial charge in [0, 0.05) is 44.9 Å². The topological polar surface area (TPSA) is 126 Å². The molecule has 1 aromatic carbocycles. The zero-order valence-corrected chi connectivity index (χ0v) is 23.7. The summed E-state index contributed by atoms with van der Waals surface area (Å²) in [5, 5.41) is 18.4. The quantitative estimate of drug-likeness (QED) is 0.200. The van der Waals surface area contributed by atoms with Gasteiger partial charge in [-0.15, -0.1) is 0 Å². The molecule has 2 aromatic rings. The summed E-state index contributed by atoms with van der Waals surface area (Å²) in [6.07, 6.45) is 8.67. The van der Waals surface area contributed by atoms with Crippen molar-refractivity contribution in [3.05, 3.63) is 53.7 Å². The van der Waals surface area contributed by atoms with Crippen LogP contribution in [0.5, 0.6) is 0 Å². The molecule has 3 rings (SSSR count). The fraction of sp³-hybridized carbons (Fsp3) is 0.433. The molecular formula is C30H38N8O2. The van der Waals surface area contributed by atoms with E-state index in [2.05, 4.69) is 43.8 Å². The van der Waals surface area contributed by atoms with Crippen LogP contribution in [0.2, 0.25) is 0 Å². The Bertz CT molecular complexity index is 1280. The molecule has 0 saturated heterocycles. The number of rotatable bonds is 13. The van der Waals surface area contributed by atoms with Crippen molar-refractivity contribution >= 4 is 29.3 Å². The maximum Gasteiger partial charge on any atom is 0.246 e. The summed E-state index contributed by atoms with van der Waals surface area (Å²) < 4.78 is 0. The Labute approximate surface area is 236 Å². The van der Waals surface area contributed by atoms with Crippen LogP contribution in [0.25, 0.3) is 0 Å². The Kier molecular flexibility index (Phi) is 11.5. The van der Waals surface area contributed by atoms with Crippen LogP contribution in [0.15, 0.2) is 42.6 Å². The van der Waals surface area contributed by atoms with Crippen molar-refractivity contribution in [3.8, 4) is 17.9 Å². The fourth-order valence-corrected chi connectivity index (χ4v) is 3.53. The van der Waals surface area contributed by atoms with Gasteiger partial charge >= 0.3 is 0 Å². The van der Waals surface area contributed by atoms with Crippen LogP contribution < -0.4 is 16.0 Å². The molecule has 1 fully saturated rings. The summed E-state index contributed by atoms with van der Waals surface area (Å²) in [4.78, 5) is 37.2. The predicted octanol–water partition coefficient (Wildman–Crippen LogP) is 3.13. The van der Waals surface area contributed by atoms with Crippen molar-refractivity contribution in [2.75, 3.05) is 51.4 Å². The second kappa shape index (κ2) is 15.2. The van der Waals surface area contributed by atoms with Gasteiger partial charge in [0.1, 0.15) is 11.9 Å². The largest absolute Gasteiger partial charge is 0.369 e. The Morgan fingerprint density at radius 3 is 2.62 bits per heavy atom. The summed E-state index contributed by atoms with van der Waals surface area (Å²) >= 11 is 0. The van der Waals surface area contributed by atoms with Crippen LogP contribution >= 0.6 is 0 Å². The maximum absolute atomic E-state index is 12.5. The Hall–Kier alpha value is -4.41. The van der Waals surface area contributed by atoms with E-state index in [0.717, 1.165) is 12.2 Å². The minimum Gasteiger partial charge on any atom is -0.369 e. The van der Waals surface area contributed by atoms with E-state index in [-0.39, 0.29) is 11.8 Å². The second-order valence-corrected chi connectivity index (χ2v) is 10.1. The minimum atomic E-state index is -0.573. The molecule has 1 aliphatic rings. The van der Waals surface area contributed by atoms with E-state index in [9.17, 15) is 9.59 Å². The number of carbonyl (C=O) groups excluding carboxylic acids is 2. The summed E-state index contributed by atoms with van der Waals surface area (Å²) in [6, 6.07) is 8.63. The highest BCUT2D eigenvalue weighted by atomic mass is 16.2. The Morgan fingerprint density at radius 1 is 1.20 bits per heavy atom. The molecule has 1 aromatic heterocycles. The number of hydrogen-bond acceptors (Lipinski definition) is 8. The molecule has 1 heterocycles. The van der Waals surface area contributed by atoms with Crippen molar-refractivity contribution in [2.24, 2.45) is 5.92 Å². The molecule has 3 N–H and O–H groups in total. The third-order valence-electron chi connectivity index (χ3n) is 6.35. The standard InChI is InChI=1S/C30H38N8O2/c1-22(38(4)27(39)10-8-18-37(2)3)29(40)32-17-7-5-6-9-25-21-34-30(36-28(25)33-20-24-11-12-24)35-26-15-13-23(19-31)14-16-26/h8,10,13-16,21-22,24H,5,7,11-12,17-18,20H2,1-4H3,(H,32,40)(H2,33,34,35,36)/t22-/m0/s1. The van der Waals surface area contributed by atoms with E-state index in [1.807, 2.05) is 31.1 Å². The number of benzene rings is 1. The first-order valence-electron chi connectivity index (χ1n) is 13.5. The Balaban J connectivity index is 1.50. The lowest BCUT2D eigenvalue weighted by atomic mass is 10.2. The molecule has 1 aliphatic carbocycles. The molecule has 40 heavy (non-hydrogen) atoms. The monoisotopic (exact) mass is 542 g/mol. The number of nitriles is 1. The van der Waals surface area contributed by atoms with Gasteiger partial charge in [-0.1, -0.05) is 17.9 Å². The lowest BCUT2D eigenvalue weighted by Gasteiger charge is -2.23. The molecule has 0 spiro atoms. The third kappa shape index (κ3) is 10.0. The van der Waals surface area contributed by atoms with Crippen LogP contribution in [0.3, 0.4) is 0 Å². The van der Waals surface area contributed by atoms with Gasteiger partial charge in [-0.3, -0.25) is 9.59 Å². The van der Waals surface area contributed by atoms with Crippen molar-refractivity contribution < 1.29 is 9.59 Å². The van der Waals surface area contributed by atoms with Gasteiger partial charge in [-0.2, -0.15) is 10.2 Å². The maximum atomic E-state index is 12.5. The van der Waals surface area contributed by atoms with Gasteiger partial charge in [0.05, 0.1) is 23.4 Å². The highest BCUT2D eigenvalue weighted by Gasteiger charge is 2.22. The van der Waals surface area contributed by atoms with Gasteiger partial charge in [0.2, 0.25) is 17.8 Å². The molecule has 0 unspecified atom stereocenters. The van der Waals surface area contributed by atoms with Gasteiger partial charge in [0.25, 0.3) is 0 Å². The fourth-order valence-electron chi connectivity index (χ4n) is 3.53. The zero-order valence-electron chi connectivity index (χ0n) is 23.7. The van der Waals surface area contributed by atoms with Gasteiger partial charge in [-0.25, -0.2) is 4.98 Å². The number of unbranched alkanes of at least 4 members (excludes halogenated alkanes) is 1. The van der Waals surface area contributed by atoms with E-state index in [4.69, 9.17) is 5.26 Å². The number of carbonyl (C=O) groups is 2. The average molecular weight is 543 g/mol. The second-order valence-electron chi connectivity index (χ2n) is 10.1. The van der Waals surface area contributed by atoms with E-state index in [1.165, 1.54) is 23.8 Å². The summed E-state index contributed by atoms with van der Waals surface area (Å²) in [5.74, 6) is 7.70. The third-order valence-corrected chi connectivity index (χ3v) is 6.35. The number of anilines is 3. The number of aromatic nitrogens is 2. The molecule has 2 amide bonds. The van der Waals surface area contributed by atoms with E-state index in [0.29, 0.717) is 54.7 Å². The molecule has 0 aliphatic heterocycles. The molecule has 1 saturated carbocycles. The van der Waals surface area contributed by atoms with Crippen molar-refractivity contribution in [1.82, 2.24) is 25.1 Å². The normalized spacial score (nSPS) is 13.2. The van der Waals surface area contributed by atoms with Crippen molar-refractivity contribution in [2.45, 2.75) is 38.6 Å². The molecule has 10 nitrogen and oxygen atoms in total. The van der Waals surface area contributed by atoms with Crippen LogP contribution in [-0.2, 0) is 9.59 Å². The highest BCUT2D eigenvalue weighted by molar-refractivity contribution is 5.92. The number of amides is 2. The molecule has 1 atom stereocenters. The first kappa shape index (κ1) is 30.1. The van der Waals surface area contributed by atoms with Crippen LogP contribution in [0, 0.1) is 29.1 Å². The molecule has 10 heteroatoms. The van der Waals surface area contributed by atoms with Gasteiger partial charge in [0.15, 0.2) is 0 Å². The summed E-state index contributed by atoms with van der Waals surface area (Å²) in [6.45, 7) is 3.68. The number of nitrogens with one attached hydrogen (secondary N) is 3. The van der Waals surface area contributed by atoms with E-state index in [1.54, 1.807) is 38.4 Å². The molecular weight excluding hydrogens is 504 g/mol. The number of nitrogens with zero attached hydrogens (tertiary/aromatic N) is 5. The van der Waals surface area contributed by atoms with Crippen LogP contribution in [0.4, 0.5) is 17.5 Å². The number of hydrogen-bond donors (Lipinski definition) is 3. The lowest BCUT2D eigenvalue weighted by Crippen LogP contribution is -2.45. The molecule has 210 valence electrons. The first-order valence-corrected chi connectivity index (χ1v) is 13.5. The van der Waals surface area contributed by atoms with E-state index >= 15 is 0 Å². The zero-order chi connectivity index (χ0) is 28.9. The van der Waals surface area contributed by atoms with Crippen LogP contribution in [0.1, 0.15) is 43.7 Å². The lowest BCUT2D eigenvalue weighted by molar-refractivity contribution is -0.135. The summed E-state index contributed by atoms with van der Waals surface area (Å²) in [5.41, 5.74) is 2.09. The van der Waals surface area contributed by atoms with Gasteiger partial charge < -0.3 is 25.8 Å². The number of likely N-dealkylation sites (N-methyl/N-ethyl adjacent to an activating group) is 2. The SMILES string of the molecule is C[C@@H](C(=O)NCCCC#Cc1cnc(Nc2ccc(C#N)cc2)nc1NCC1CC1)N(C)C(=O)C=CCN(C)C. The molecule has 0 radical (unpaired) electrons. The molecule has 0 bridgehead atoms. The predicted molar refractivity (Wildman–Crippen MR) is 157 cm³/mol. The van der Waals surface area contributed by atoms with Crippen molar-refractivity contribution in [1.29, 1.82) is 5.26 Å². The Morgan fingerprint density at radius 2 is 1.95 bits per heavy atom. The van der Waals surface area contributed by atoms with E-state index < -0.39 is 6.04 Å². The summed E-state index contributed by atoms with van der Waals surface area (Å²) in [7, 11) is 5.47. The average Bonchev–Trinajstić information content (AvgIpc) is 3.78. The van der Waals surface area contributed by atoms with Gasteiger partial charge in [-0.05, 0) is 70.5 Å². The minimum absolute atomic E-state index is 0.199. The highest BCUT2D eigenvalue weighted by Crippen LogP contribution is 2.29. The van der Waals surface area contributed by atoms with Crippen molar-refractivity contribution in [3.63, 3.8) is 0 Å². The smallest absolute Gasteiger partial charge is 0.246 e.